The maximum Gasteiger partial charge on any atom is 0.254 e. The lowest BCUT2D eigenvalue weighted by atomic mass is 10.1. The molecule has 1 aliphatic rings. The smallest absolute Gasteiger partial charge is 0.254 e. The van der Waals surface area contributed by atoms with Gasteiger partial charge in [0.25, 0.3) is 5.91 Å². The molecule has 0 atom stereocenters. The first kappa shape index (κ1) is 22.3. The minimum atomic E-state index is 0.0151. The number of rotatable bonds is 4. The van der Waals surface area contributed by atoms with Gasteiger partial charge in [-0.15, -0.1) is 0 Å². The van der Waals surface area contributed by atoms with Gasteiger partial charge in [0.1, 0.15) is 11.4 Å². The van der Waals surface area contributed by atoms with Gasteiger partial charge in [0.2, 0.25) is 0 Å². The number of morpholine rings is 1. The lowest BCUT2D eigenvalue weighted by Crippen LogP contribution is -2.40. The van der Waals surface area contributed by atoms with Crippen molar-refractivity contribution < 1.29 is 9.53 Å². The summed E-state index contributed by atoms with van der Waals surface area (Å²) in [6.07, 6.45) is 7.04. The fraction of sp³-hybridized carbons (Fsp3) is 0.192. The number of benzene rings is 1. The normalized spacial score (nSPS) is 13.7. The van der Waals surface area contributed by atoms with Gasteiger partial charge in [-0.05, 0) is 49.1 Å². The summed E-state index contributed by atoms with van der Waals surface area (Å²) >= 11 is 0. The van der Waals surface area contributed by atoms with Crippen LogP contribution in [0.4, 0.5) is 0 Å². The number of fused-ring (bicyclic) bond motifs is 1. The Hall–Kier alpha value is -4.55. The third-order valence-electron chi connectivity index (χ3n) is 5.63. The van der Waals surface area contributed by atoms with E-state index >= 15 is 0 Å². The van der Waals surface area contributed by atoms with E-state index in [1.54, 1.807) is 21.6 Å². The predicted molar refractivity (Wildman–Crippen MR) is 133 cm³/mol. The van der Waals surface area contributed by atoms with E-state index in [4.69, 9.17) is 9.84 Å². The quantitative estimate of drug-likeness (QED) is 0.342. The molecule has 4 aromatic rings. The van der Waals surface area contributed by atoms with Gasteiger partial charge < -0.3 is 9.64 Å². The molecule has 0 radical (unpaired) electrons. The van der Waals surface area contributed by atoms with Crippen molar-refractivity contribution in [3.63, 3.8) is 0 Å². The van der Waals surface area contributed by atoms with Crippen LogP contribution in [0.3, 0.4) is 0 Å². The molecule has 0 unspecified atom stereocenters. The second kappa shape index (κ2) is 9.75. The molecular weight excluding hydrogens is 442 g/mol. The zero-order valence-corrected chi connectivity index (χ0v) is 19.3. The zero-order chi connectivity index (χ0) is 24.2. The molecule has 174 valence electrons. The van der Waals surface area contributed by atoms with Crippen LogP contribution in [0.25, 0.3) is 23.0 Å². The molecule has 1 fully saturated rings. The topological polar surface area (TPSA) is 89.9 Å². The lowest BCUT2D eigenvalue weighted by Gasteiger charge is -2.26. The van der Waals surface area contributed by atoms with Gasteiger partial charge in [0, 0.05) is 30.9 Å². The highest BCUT2D eigenvalue weighted by Gasteiger charge is 2.18. The number of nitrogens with zero attached hydrogens (tertiary/aromatic N) is 7. The van der Waals surface area contributed by atoms with Crippen LogP contribution in [0.15, 0.2) is 60.0 Å². The Morgan fingerprint density at radius 3 is 2.54 bits per heavy atom. The summed E-state index contributed by atoms with van der Waals surface area (Å²) in [5.41, 5.74) is 4.21. The van der Waals surface area contributed by atoms with Gasteiger partial charge in [-0.3, -0.25) is 4.79 Å². The van der Waals surface area contributed by atoms with Crippen molar-refractivity contribution >= 4 is 24.3 Å². The number of hydrogen-bond donors (Lipinski definition) is 0. The first-order valence-electron chi connectivity index (χ1n) is 11.2. The van der Waals surface area contributed by atoms with E-state index in [-0.39, 0.29) is 5.91 Å². The van der Waals surface area contributed by atoms with E-state index in [1.165, 1.54) is 0 Å². The van der Waals surface area contributed by atoms with Crippen molar-refractivity contribution in [2.45, 2.75) is 6.92 Å². The maximum atomic E-state index is 12.7. The van der Waals surface area contributed by atoms with E-state index < -0.39 is 0 Å². The second-order valence-electron chi connectivity index (χ2n) is 7.82. The van der Waals surface area contributed by atoms with E-state index in [1.807, 2.05) is 60.4 Å². The molecule has 1 amide bonds. The van der Waals surface area contributed by atoms with Crippen molar-refractivity contribution in [3.05, 3.63) is 77.6 Å². The Kier molecular flexibility index (Phi) is 6.20. The minimum Gasteiger partial charge on any atom is -0.378 e. The molecule has 0 spiro atoms. The molecule has 3 aromatic heterocycles. The highest BCUT2D eigenvalue weighted by atomic mass is 16.5. The largest absolute Gasteiger partial charge is 0.378 e. The molecule has 1 aliphatic heterocycles. The molecule has 35 heavy (non-hydrogen) atoms. The number of ether oxygens (including phenoxy) is 1. The number of hydrogen-bond acceptors (Lipinski definition) is 6. The third-order valence-corrected chi connectivity index (χ3v) is 5.63. The van der Waals surface area contributed by atoms with Crippen molar-refractivity contribution in [3.8, 4) is 23.1 Å². The standard InChI is InChI=1S/C26H23N7O2/c1-3-4-24-28-17-21(32(24)27-2)9-10-22-18-29-25-12-11-23(30-33(22)25)19-5-7-20(8-6-19)26(34)31-13-15-35-16-14-31/h3-8,11-12,17-18H,2,13-16H2,1H3/b4-3-. The first-order valence-corrected chi connectivity index (χ1v) is 11.2. The van der Waals surface area contributed by atoms with Crippen LogP contribution in [-0.2, 0) is 4.74 Å². The van der Waals surface area contributed by atoms with Gasteiger partial charge in [-0.25, -0.2) is 19.2 Å². The minimum absolute atomic E-state index is 0.0151. The van der Waals surface area contributed by atoms with Crippen LogP contribution >= 0.6 is 0 Å². The third kappa shape index (κ3) is 4.47. The Morgan fingerprint density at radius 2 is 1.80 bits per heavy atom. The highest BCUT2D eigenvalue weighted by molar-refractivity contribution is 5.94. The molecular formula is C26H23N7O2. The molecule has 1 saturated heterocycles. The Morgan fingerprint density at radius 1 is 1.06 bits per heavy atom. The van der Waals surface area contributed by atoms with Crippen LogP contribution in [0.1, 0.15) is 34.5 Å². The molecule has 0 saturated carbocycles. The number of allylic oxidation sites excluding steroid dienone is 1. The number of aromatic nitrogens is 5. The summed E-state index contributed by atoms with van der Waals surface area (Å²) in [5, 5.41) is 8.72. The van der Waals surface area contributed by atoms with Crippen LogP contribution in [0.5, 0.6) is 0 Å². The van der Waals surface area contributed by atoms with Gasteiger partial charge in [0.15, 0.2) is 11.5 Å². The molecule has 9 heteroatoms. The summed E-state index contributed by atoms with van der Waals surface area (Å²) in [4.78, 5) is 23.2. The Bertz CT molecular complexity index is 1480. The van der Waals surface area contributed by atoms with E-state index in [9.17, 15) is 4.79 Å². The molecule has 9 nitrogen and oxygen atoms in total. The summed E-state index contributed by atoms with van der Waals surface area (Å²) in [5.74, 6) is 6.86. The van der Waals surface area contributed by atoms with E-state index in [2.05, 4.69) is 33.6 Å². The maximum absolute atomic E-state index is 12.7. The number of imidazole rings is 2. The van der Waals surface area contributed by atoms with Crippen molar-refractivity contribution in [2.75, 3.05) is 26.3 Å². The predicted octanol–water partition coefficient (Wildman–Crippen LogP) is 2.96. The first-order chi connectivity index (χ1) is 17.2. The number of carbonyl (C=O) groups is 1. The summed E-state index contributed by atoms with van der Waals surface area (Å²) in [7, 11) is 0. The highest BCUT2D eigenvalue weighted by Crippen LogP contribution is 2.20. The second-order valence-corrected chi connectivity index (χ2v) is 7.82. The average Bonchev–Trinajstić information content (AvgIpc) is 3.50. The number of carbonyl (C=O) groups excluding carboxylic acids is 1. The molecule has 0 N–H and O–H groups in total. The van der Waals surface area contributed by atoms with Gasteiger partial charge in [0.05, 0.1) is 31.3 Å². The van der Waals surface area contributed by atoms with Crippen molar-refractivity contribution in [2.24, 2.45) is 5.10 Å². The van der Waals surface area contributed by atoms with Gasteiger partial charge >= 0.3 is 0 Å². The Labute approximate surface area is 202 Å². The molecule has 4 heterocycles. The van der Waals surface area contributed by atoms with Gasteiger partial charge in [-0.2, -0.15) is 10.2 Å². The SMILES string of the molecule is C=Nn1c(C#Cc2cnc3ccc(-c4ccc(C(=O)N5CCOCC5)cc4)nn23)cnc1/C=C\C. The summed E-state index contributed by atoms with van der Waals surface area (Å²) < 4.78 is 8.61. The molecule has 0 aliphatic carbocycles. The fourth-order valence-corrected chi connectivity index (χ4v) is 3.83. The summed E-state index contributed by atoms with van der Waals surface area (Å²) in [6, 6.07) is 11.3. The monoisotopic (exact) mass is 465 g/mol. The van der Waals surface area contributed by atoms with Crippen LogP contribution in [0.2, 0.25) is 0 Å². The van der Waals surface area contributed by atoms with Gasteiger partial charge in [-0.1, -0.05) is 18.2 Å². The van der Waals surface area contributed by atoms with Crippen LogP contribution in [-0.4, -0.2) is 68.1 Å². The van der Waals surface area contributed by atoms with Crippen molar-refractivity contribution in [1.82, 2.24) is 29.2 Å². The van der Waals surface area contributed by atoms with Crippen LogP contribution in [0, 0.1) is 11.8 Å². The molecule has 5 rings (SSSR count). The van der Waals surface area contributed by atoms with Crippen molar-refractivity contribution in [1.29, 1.82) is 0 Å². The average molecular weight is 466 g/mol. The number of amides is 1. The molecule has 0 bridgehead atoms. The molecule has 1 aromatic carbocycles. The summed E-state index contributed by atoms with van der Waals surface area (Å²) in [6.45, 7) is 7.89. The Balaban J connectivity index is 1.42. The fourth-order valence-electron chi connectivity index (χ4n) is 3.83. The van der Waals surface area contributed by atoms with Crippen LogP contribution < -0.4 is 0 Å². The zero-order valence-electron chi connectivity index (χ0n) is 19.3. The van der Waals surface area contributed by atoms with E-state index in [0.717, 1.165) is 11.3 Å². The van der Waals surface area contributed by atoms with E-state index in [0.29, 0.717) is 54.7 Å². The lowest BCUT2D eigenvalue weighted by molar-refractivity contribution is 0.0303.